The van der Waals surface area contributed by atoms with Crippen LogP contribution in [-0.2, 0) is 6.54 Å². The second-order valence-corrected chi connectivity index (χ2v) is 4.29. The lowest BCUT2D eigenvalue weighted by Crippen LogP contribution is -2.05. The van der Waals surface area contributed by atoms with Crippen LogP contribution in [0.3, 0.4) is 0 Å². The van der Waals surface area contributed by atoms with Crippen LogP contribution >= 0.6 is 0 Å². The Labute approximate surface area is 103 Å². The number of imidazole rings is 1. The zero-order valence-electron chi connectivity index (χ0n) is 10.4. The molecule has 0 spiro atoms. The van der Waals surface area contributed by atoms with Gasteiger partial charge in [0, 0.05) is 26.0 Å². The molecule has 17 heavy (non-hydrogen) atoms. The van der Waals surface area contributed by atoms with E-state index >= 15 is 0 Å². The van der Waals surface area contributed by atoms with Gasteiger partial charge >= 0.3 is 0 Å². The maximum Gasteiger partial charge on any atom is 0.202 e. The van der Waals surface area contributed by atoms with E-state index in [1.165, 1.54) is 5.56 Å². The Bertz CT molecular complexity index is 448. The lowest BCUT2D eigenvalue weighted by molar-refractivity contribution is 0.580. The average Bonchev–Trinajstić information content (AvgIpc) is 2.84. The normalized spacial score (nSPS) is 12.4. The summed E-state index contributed by atoms with van der Waals surface area (Å²) in [5.74, 6) is 1.51. The lowest BCUT2D eigenvalue weighted by atomic mass is 9.98. The summed E-state index contributed by atoms with van der Waals surface area (Å²) in [4.78, 5) is 4.24. The maximum absolute atomic E-state index is 4.24. The molecular formula is C14H19N3. The van der Waals surface area contributed by atoms with E-state index in [2.05, 4.69) is 52.1 Å². The van der Waals surface area contributed by atoms with Gasteiger partial charge < -0.3 is 9.88 Å². The van der Waals surface area contributed by atoms with Crippen LogP contribution in [0.25, 0.3) is 0 Å². The number of nitrogens with zero attached hydrogens (tertiary/aromatic N) is 2. The van der Waals surface area contributed by atoms with Gasteiger partial charge in [-0.1, -0.05) is 37.3 Å². The molecule has 0 saturated heterocycles. The molecule has 1 unspecified atom stereocenters. The van der Waals surface area contributed by atoms with Gasteiger partial charge in [0.25, 0.3) is 0 Å². The number of anilines is 1. The molecule has 1 aromatic heterocycles. The highest BCUT2D eigenvalue weighted by atomic mass is 15.2. The van der Waals surface area contributed by atoms with Crippen molar-refractivity contribution in [2.75, 3.05) is 12.4 Å². The van der Waals surface area contributed by atoms with Crippen molar-refractivity contribution in [3.63, 3.8) is 0 Å². The number of hydrogen-bond donors (Lipinski definition) is 1. The van der Waals surface area contributed by atoms with Gasteiger partial charge in [0.2, 0.25) is 5.95 Å². The minimum Gasteiger partial charge on any atom is -0.359 e. The Hall–Kier alpha value is -1.77. The summed E-state index contributed by atoms with van der Waals surface area (Å²) in [6.45, 7) is 3.26. The molecule has 90 valence electrons. The van der Waals surface area contributed by atoms with E-state index in [4.69, 9.17) is 0 Å². The SMILES string of the molecule is CNc1nccn1CCC(C)c1ccccc1. The van der Waals surface area contributed by atoms with Gasteiger partial charge in [-0.25, -0.2) is 4.98 Å². The molecule has 1 N–H and O–H groups in total. The summed E-state index contributed by atoms with van der Waals surface area (Å²) in [5.41, 5.74) is 1.40. The Balaban J connectivity index is 1.95. The second kappa shape index (κ2) is 5.53. The van der Waals surface area contributed by atoms with Crippen molar-refractivity contribution >= 4 is 5.95 Å². The molecular weight excluding hydrogens is 210 g/mol. The highest BCUT2D eigenvalue weighted by Gasteiger charge is 2.06. The summed E-state index contributed by atoms with van der Waals surface area (Å²) in [6, 6.07) is 10.6. The van der Waals surface area contributed by atoms with Crippen LogP contribution in [0.2, 0.25) is 0 Å². The molecule has 1 aromatic carbocycles. The average molecular weight is 229 g/mol. The third kappa shape index (κ3) is 2.87. The van der Waals surface area contributed by atoms with Crippen molar-refractivity contribution in [1.82, 2.24) is 9.55 Å². The molecule has 3 nitrogen and oxygen atoms in total. The number of benzene rings is 1. The molecule has 0 amide bonds. The van der Waals surface area contributed by atoms with Crippen molar-refractivity contribution < 1.29 is 0 Å². The highest BCUT2D eigenvalue weighted by Crippen LogP contribution is 2.19. The van der Waals surface area contributed by atoms with Crippen LogP contribution in [0.4, 0.5) is 5.95 Å². The summed E-state index contributed by atoms with van der Waals surface area (Å²) in [5, 5.41) is 3.09. The molecule has 0 fully saturated rings. The fourth-order valence-electron chi connectivity index (χ4n) is 2.00. The number of aryl methyl sites for hydroxylation is 1. The number of hydrogen-bond acceptors (Lipinski definition) is 2. The van der Waals surface area contributed by atoms with Crippen LogP contribution in [0.15, 0.2) is 42.7 Å². The first kappa shape index (κ1) is 11.7. The van der Waals surface area contributed by atoms with Crippen molar-refractivity contribution in [2.24, 2.45) is 0 Å². The van der Waals surface area contributed by atoms with Gasteiger partial charge in [-0.15, -0.1) is 0 Å². The molecule has 3 heteroatoms. The molecule has 0 radical (unpaired) electrons. The van der Waals surface area contributed by atoms with Crippen LogP contribution in [-0.4, -0.2) is 16.6 Å². The van der Waals surface area contributed by atoms with E-state index < -0.39 is 0 Å². The Morgan fingerprint density at radius 1 is 1.29 bits per heavy atom. The fourth-order valence-corrected chi connectivity index (χ4v) is 2.00. The molecule has 0 saturated carbocycles. The molecule has 2 rings (SSSR count). The first-order valence-electron chi connectivity index (χ1n) is 6.05. The van der Waals surface area contributed by atoms with Crippen LogP contribution in [0.5, 0.6) is 0 Å². The van der Waals surface area contributed by atoms with Gasteiger partial charge in [-0.3, -0.25) is 0 Å². The van der Waals surface area contributed by atoms with Crippen molar-refractivity contribution in [1.29, 1.82) is 0 Å². The van der Waals surface area contributed by atoms with E-state index in [1.54, 1.807) is 0 Å². The number of aromatic nitrogens is 2. The van der Waals surface area contributed by atoms with Crippen LogP contribution < -0.4 is 5.32 Å². The lowest BCUT2D eigenvalue weighted by Gasteiger charge is -2.13. The van der Waals surface area contributed by atoms with E-state index in [1.807, 2.05) is 19.4 Å². The van der Waals surface area contributed by atoms with E-state index in [0.717, 1.165) is 18.9 Å². The molecule has 1 heterocycles. The molecule has 0 bridgehead atoms. The van der Waals surface area contributed by atoms with E-state index in [9.17, 15) is 0 Å². The first-order valence-corrected chi connectivity index (χ1v) is 6.05. The fraction of sp³-hybridized carbons (Fsp3) is 0.357. The largest absolute Gasteiger partial charge is 0.359 e. The quantitative estimate of drug-likeness (QED) is 0.853. The molecule has 2 aromatic rings. The Kier molecular flexibility index (Phi) is 3.81. The van der Waals surface area contributed by atoms with Crippen molar-refractivity contribution in [3.05, 3.63) is 48.3 Å². The monoisotopic (exact) mass is 229 g/mol. The first-order chi connectivity index (χ1) is 8.31. The molecule has 0 aliphatic heterocycles. The summed E-state index contributed by atoms with van der Waals surface area (Å²) in [7, 11) is 1.90. The summed E-state index contributed by atoms with van der Waals surface area (Å²) < 4.78 is 2.15. The predicted molar refractivity (Wildman–Crippen MR) is 71.2 cm³/mol. The highest BCUT2D eigenvalue weighted by molar-refractivity contribution is 5.24. The van der Waals surface area contributed by atoms with Crippen LogP contribution in [0.1, 0.15) is 24.8 Å². The molecule has 1 atom stereocenters. The van der Waals surface area contributed by atoms with Gasteiger partial charge in [0.1, 0.15) is 0 Å². The third-order valence-electron chi connectivity index (χ3n) is 3.11. The topological polar surface area (TPSA) is 29.9 Å². The Morgan fingerprint density at radius 2 is 2.06 bits per heavy atom. The van der Waals surface area contributed by atoms with Crippen molar-refractivity contribution in [2.45, 2.75) is 25.8 Å². The molecule has 0 aliphatic carbocycles. The minimum atomic E-state index is 0.573. The Morgan fingerprint density at radius 3 is 2.76 bits per heavy atom. The zero-order chi connectivity index (χ0) is 12.1. The van der Waals surface area contributed by atoms with Crippen LogP contribution in [0, 0.1) is 0 Å². The smallest absolute Gasteiger partial charge is 0.202 e. The summed E-state index contributed by atoms with van der Waals surface area (Å²) >= 11 is 0. The molecule has 0 aliphatic rings. The number of rotatable bonds is 5. The second-order valence-electron chi connectivity index (χ2n) is 4.29. The van der Waals surface area contributed by atoms with Gasteiger partial charge in [0.05, 0.1) is 0 Å². The van der Waals surface area contributed by atoms with Gasteiger partial charge in [0.15, 0.2) is 0 Å². The van der Waals surface area contributed by atoms with E-state index in [0.29, 0.717) is 5.92 Å². The maximum atomic E-state index is 4.24. The van der Waals surface area contributed by atoms with Crippen molar-refractivity contribution in [3.8, 4) is 0 Å². The number of nitrogens with one attached hydrogen (secondary N) is 1. The van der Waals surface area contributed by atoms with E-state index in [-0.39, 0.29) is 0 Å². The van der Waals surface area contributed by atoms with Gasteiger partial charge in [-0.2, -0.15) is 0 Å². The summed E-state index contributed by atoms with van der Waals surface area (Å²) in [6.07, 6.45) is 4.97. The van der Waals surface area contributed by atoms with Gasteiger partial charge in [-0.05, 0) is 17.9 Å². The third-order valence-corrected chi connectivity index (χ3v) is 3.11. The minimum absolute atomic E-state index is 0.573. The standard InChI is InChI=1S/C14H19N3/c1-12(13-6-4-3-5-7-13)8-10-17-11-9-16-14(17)15-2/h3-7,9,11-12H,8,10H2,1-2H3,(H,15,16). The predicted octanol–water partition coefficient (Wildman–Crippen LogP) is 3.12. The zero-order valence-corrected chi connectivity index (χ0v) is 10.4.